The third kappa shape index (κ3) is 5.56. The van der Waals surface area contributed by atoms with Crippen molar-refractivity contribution < 1.29 is 23.9 Å². The van der Waals surface area contributed by atoms with Crippen LogP contribution in [0.25, 0.3) is 17.0 Å². The molecule has 0 saturated heterocycles. The van der Waals surface area contributed by atoms with Gasteiger partial charge in [0.15, 0.2) is 0 Å². The standard InChI is InChI=1S/C35H36N6O5/c1-21-12-23(13-27-20-37-40-30(21)27)15-29-33(43)41(2)7-9-46-11-10-45-8-3-4-22-14-28-31(36-19-22)39-34(44)35(28)17-25-6-5-24(32(42)38-29)16-26(25)18-35/h3-6,12-14,16,19-20,29H,7-11,15,17-18H2,1-2H3,(H,37,40)(H,38,42)(H,36,39,44)/b4-3-/t29-,35+/m1/s1. The molecule has 0 unspecified atom stereocenters. The number of benzene rings is 2. The van der Waals surface area contributed by atoms with Gasteiger partial charge in [0.05, 0.1) is 43.6 Å². The Bertz CT molecular complexity index is 1880. The molecule has 3 amide bonds. The largest absolute Gasteiger partial charge is 0.377 e. The summed E-state index contributed by atoms with van der Waals surface area (Å²) in [7, 11) is 1.72. The van der Waals surface area contributed by atoms with Crippen LogP contribution in [0.15, 0.2) is 54.9 Å². The highest BCUT2D eigenvalue weighted by molar-refractivity contribution is 6.06. The number of pyridine rings is 1. The fourth-order valence-electron chi connectivity index (χ4n) is 6.79. The zero-order chi connectivity index (χ0) is 31.8. The quantitative estimate of drug-likeness (QED) is 0.313. The average molecular weight is 621 g/mol. The number of aryl methyl sites for hydroxylation is 1. The van der Waals surface area contributed by atoms with Crippen LogP contribution >= 0.6 is 0 Å². The second-order valence-corrected chi connectivity index (χ2v) is 12.4. The Morgan fingerprint density at radius 1 is 1.00 bits per heavy atom. The molecule has 4 heterocycles. The molecule has 2 aliphatic heterocycles. The molecular formula is C35H36N6O5. The lowest BCUT2D eigenvalue weighted by Gasteiger charge is -2.25. The highest BCUT2D eigenvalue weighted by Crippen LogP contribution is 2.47. The molecule has 46 heavy (non-hydrogen) atoms. The Balaban J connectivity index is 1.20. The lowest BCUT2D eigenvalue weighted by atomic mass is 9.79. The van der Waals surface area contributed by atoms with E-state index in [2.05, 4.69) is 25.8 Å². The number of aromatic nitrogens is 3. The predicted octanol–water partition coefficient (Wildman–Crippen LogP) is 3.11. The average Bonchev–Trinajstić information content (AvgIpc) is 3.75. The van der Waals surface area contributed by atoms with E-state index in [1.165, 1.54) is 0 Å². The summed E-state index contributed by atoms with van der Waals surface area (Å²) in [4.78, 5) is 47.1. The minimum Gasteiger partial charge on any atom is -0.377 e. The first-order valence-corrected chi connectivity index (χ1v) is 15.5. The molecule has 11 nitrogen and oxygen atoms in total. The van der Waals surface area contributed by atoms with E-state index in [4.69, 9.17) is 9.47 Å². The molecule has 0 radical (unpaired) electrons. The van der Waals surface area contributed by atoms with Crippen molar-refractivity contribution in [2.24, 2.45) is 0 Å². The number of ether oxygens (including phenoxy) is 2. The van der Waals surface area contributed by atoms with Crippen LogP contribution in [-0.4, -0.2) is 83.9 Å². The van der Waals surface area contributed by atoms with Crippen molar-refractivity contribution in [1.29, 1.82) is 0 Å². The summed E-state index contributed by atoms with van der Waals surface area (Å²) in [6, 6.07) is 10.8. The summed E-state index contributed by atoms with van der Waals surface area (Å²) >= 11 is 0. The Hall–Kier alpha value is -4.87. The first-order chi connectivity index (χ1) is 22.3. The molecule has 0 fully saturated rings. The van der Waals surface area contributed by atoms with E-state index in [1.54, 1.807) is 30.4 Å². The van der Waals surface area contributed by atoms with Crippen molar-refractivity contribution in [2.45, 2.75) is 37.6 Å². The van der Waals surface area contributed by atoms with Gasteiger partial charge < -0.3 is 25.0 Å². The van der Waals surface area contributed by atoms with E-state index in [1.807, 2.05) is 49.4 Å². The van der Waals surface area contributed by atoms with E-state index < -0.39 is 11.5 Å². The van der Waals surface area contributed by atoms with Crippen LogP contribution in [0.5, 0.6) is 0 Å². The number of H-pyrrole nitrogens is 1. The molecule has 1 aliphatic carbocycles. The maximum absolute atomic E-state index is 13.8. The fourth-order valence-corrected chi connectivity index (χ4v) is 6.79. The molecule has 1 spiro atoms. The minimum atomic E-state index is -0.814. The summed E-state index contributed by atoms with van der Waals surface area (Å²) in [6.07, 6.45) is 8.62. The second-order valence-electron chi connectivity index (χ2n) is 12.4. The molecule has 236 valence electrons. The van der Waals surface area contributed by atoms with Gasteiger partial charge in [-0.1, -0.05) is 24.3 Å². The molecule has 3 aliphatic rings. The van der Waals surface area contributed by atoms with E-state index in [9.17, 15) is 14.4 Å². The number of likely N-dealkylation sites (N-methyl/N-ethyl adjacent to an activating group) is 1. The molecule has 11 heteroatoms. The number of nitrogens with zero attached hydrogens (tertiary/aromatic N) is 3. The second kappa shape index (κ2) is 12.1. The fraction of sp³-hybridized carbons (Fsp3) is 0.343. The van der Waals surface area contributed by atoms with Gasteiger partial charge in [0, 0.05) is 42.7 Å². The van der Waals surface area contributed by atoms with Gasteiger partial charge in [0.25, 0.3) is 5.91 Å². The maximum Gasteiger partial charge on any atom is 0.251 e. The van der Waals surface area contributed by atoms with E-state index in [0.717, 1.165) is 44.3 Å². The first kappa shape index (κ1) is 29.8. The number of hydrogen-bond acceptors (Lipinski definition) is 7. The summed E-state index contributed by atoms with van der Waals surface area (Å²) in [5, 5.41) is 14.1. The molecule has 2 aromatic heterocycles. The van der Waals surface area contributed by atoms with Gasteiger partial charge in [0.2, 0.25) is 11.8 Å². The van der Waals surface area contributed by atoms with Crippen molar-refractivity contribution in [3.8, 4) is 0 Å². The highest BCUT2D eigenvalue weighted by Gasteiger charge is 2.51. The van der Waals surface area contributed by atoms with E-state index in [-0.39, 0.29) is 17.7 Å². The number of nitrogens with one attached hydrogen (secondary N) is 3. The molecule has 2 atom stereocenters. The van der Waals surface area contributed by atoms with Crippen LogP contribution in [0.4, 0.5) is 5.82 Å². The van der Waals surface area contributed by atoms with E-state index in [0.29, 0.717) is 63.6 Å². The number of fused-ring (bicyclic) bond motifs is 3. The number of carbonyl (C=O) groups is 3. The lowest BCUT2D eigenvalue weighted by Crippen LogP contribution is -2.49. The van der Waals surface area contributed by atoms with Crippen LogP contribution in [0, 0.1) is 6.92 Å². The van der Waals surface area contributed by atoms with Crippen molar-refractivity contribution >= 4 is 40.5 Å². The van der Waals surface area contributed by atoms with Crippen molar-refractivity contribution in [3.63, 3.8) is 0 Å². The zero-order valence-electron chi connectivity index (χ0n) is 25.9. The number of anilines is 1. The van der Waals surface area contributed by atoms with Crippen LogP contribution in [0.2, 0.25) is 0 Å². The van der Waals surface area contributed by atoms with Gasteiger partial charge in [-0.25, -0.2) is 4.98 Å². The topological polar surface area (TPSA) is 139 Å². The summed E-state index contributed by atoms with van der Waals surface area (Å²) in [5.41, 5.74) is 6.21. The summed E-state index contributed by atoms with van der Waals surface area (Å²) in [5.74, 6) is -0.0783. The Labute approximate surface area is 266 Å². The van der Waals surface area contributed by atoms with Crippen molar-refractivity contribution in [2.75, 3.05) is 45.3 Å². The molecule has 5 bridgehead atoms. The van der Waals surface area contributed by atoms with Gasteiger partial charge >= 0.3 is 0 Å². The highest BCUT2D eigenvalue weighted by atomic mass is 16.5. The molecule has 3 N–H and O–H groups in total. The number of aromatic amines is 1. The predicted molar refractivity (Wildman–Crippen MR) is 172 cm³/mol. The Morgan fingerprint density at radius 3 is 2.74 bits per heavy atom. The van der Waals surface area contributed by atoms with Crippen LogP contribution in [0.3, 0.4) is 0 Å². The minimum absolute atomic E-state index is 0.0882. The number of carbonyl (C=O) groups excluding carboxylic acids is 3. The van der Waals surface area contributed by atoms with Gasteiger partial charge in [0.1, 0.15) is 11.9 Å². The van der Waals surface area contributed by atoms with Gasteiger partial charge in [-0.3, -0.25) is 19.5 Å². The summed E-state index contributed by atoms with van der Waals surface area (Å²) in [6.45, 7) is 3.87. The zero-order valence-corrected chi connectivity index (χ0v) is 25.9. The van der Waals surface area contributed by atoms with Gasteiger partial charge in [-0.05, 0) is 71.8 Å². The van der Waals surface area contributed by atoms with Crippen LogP contribution < -0.4 is 10.6 Å². The maximum atomic E-state index is 13.8. The summed E-state index contributed by atoms with van der Waals surface area (Å²) < 4.78 is 11.4. The monoisotopic (exact) mass is 620 g/mol. The molecular weight excluding hydrogens is 584 g/mol. The molecule has 0 saturated carbocycles. The SMILES string of the molecule is Cc1cc(C[C@H]2NC(=O)c3ccc4c(c3)C[C@]3(C4)C(=O)Nc4ncc(cc43)/C=C\COCCOCCN(C)C2=O)cc2cn[nH]c12. The number of hydrogen-bond donors (Lipinski definition) is 3. The molecule has 7 rings (SSSR count). The Kier molecular flexibility index (Phi) is 7.87. The number of amides is 3. The van der Waals surface area contributed by atoms with Crippen molar-refractivity contribution in [1.82, 2.24) is 25.4 Å². The normalized spacial score (nSPS) is 22.8. The third-order valence-electron chi connectivity index (χ3n) is 9.24. The molecule has 4 aromatic rings. The third-order valence-corrected chi connectivity index (χ3v) is 9.24. The Morgan fingerprint density at radius 2 is 1.85 bits per heavy atom. The molecule has 2 aromatic carbocycles. The van der Waals surface area contributed by atoms with Gasteiger partial charge in [-0.15, -0.1) is 0 Å². The van der Waals surface area contributed by atoms with Crippen molar-refractivity contribution in [3.05, 3.63) is 93.8 Å². The van der Waals surface area contributed by atoms with E-state index >= 15 is 0 Å². The lowest BCUT2D eigenvalue weighted by molar-refractivity contribution is -0.132. The smallest absolute Gasteiger partial charge is 0.251 e. The van der Waals surface area contributed by atoms with Crippen LogP contribution in [-0.2, 0) is 43.7 Å². The van der Waals surface area contributed by atoms with Gasteiger partial charge in [-0.2, -0.15) is 5.10 Å². The first-order valence-electron chi connectivity index (χ1n) is 15.5. The van der Waals surface area contributed by atoms with Crippen LogP contribution in [0.1, 0.15) is 43.7 Å². The number of rotatable bonds is 2.